The van der Waals surface area contributed by atoms with Crippen LogP contribution in [0.4, 0.5) is 4.39 Å². The molecule has 0 radical (unpaired) electrons. The van der Waals surface area contributed by atoms with Crippen molar-refractivity contribution in [1.29, 1.82) is 0 Å². The van der Waals surface area contributed by atoms with Gasteiger partial charge in [0, 0.05) is 27.4 Å². The fourth-order valence-corrected chi connectivity index (χ4v) is 5.49. The normalized spacial score (nSPS) is 11.5. The molecule has 1 amide bonds. The molecule has 2 heterocycles. The maximum absolute atomic E-state index is 14.2. The van der Waals surface area contributed by atoms with Crippen molar-refractivity contribution in [2.24, 2.45) is 0 Å². The molecule has 46 heavy (non-hydrogen) atoms. The van der Waals surface area contributed by atoms with Gasteiger partial charge in [-0.3, -0.25) is 4.79 Å². The van der Waals surface area contributed by atoms with Crippen molar-refractivity contribution in [3.8, 4) is 34.3 Å². The van der Waals surface area contributed by atoms with Gasteiger partial charge in [-0.15, -0.1) is 0 Å². The summed E-state index contributed by atoms with van der Waals surface area (Å²) in [6.45, 7) is 0.127. The molecule has 0 saturated carbocycles. The van der Waals surface area contributed by atoms with Crippen LogP contribution in [0.25, 0.3) is 44.7 Å². The molecule has 6 aromatic rings. The van der Waals surface area contributed by atoms with Crippen molar-refractivity contribution >= 4 is 39.4 Å². The van der Waals surface area contributed by atoms with E-state index < -0.39 is 11.7 Å². The minimum absolute atomic E-state index is 0.127. The van der Waals surface area contributed by atoms with Crippen LogP contribution >= 0.6 is 0 Å². The molecule has 0 bridgehead atoms. The molecule has 4 aromatic carbocycles. The lowest BCUT2D eigenvalue weighted by atomic mass is 10.0. The first-order chi connectivity index (χ1) is 22.4. The number of aromatic amines is 1. The van der Waals surface area contributed by atoms with Crippen LogP contribution in [0.1, 0.15) is 16.8 Å². The molecular weight excluding hydrogens is 585 g/mol. The van der Waals surface area contributed by atoms with E-state index in [-0.39, 0.29) is 12.1 Å². The fraction of sp³-hybridized carbons (Fsp3) is 0.135. The van der Waals surface area contributed by atoms with Gasteiger partial charge in [-0.05, 0) is 77.9 Å². The Morgan fingerprint density at radius 2 is 1.57 bits per heavy atom. The van der Waals surface area contributed by atoms with Gasteiger partial charge in [-0.25, -0.2) is 9.37 Å². The summed E-state index contributed by atoms with van der Waals surface area (Å²) in [6, 6.07) is 27.1. The first-order valence-electron chi connectivity index (χ1n) is 14.5. The average molecular weight is 618 g/mol. The second-order valence-electron chi connectivity index (χ2n) is 10.5. The van der Waals surface area contributed by atoms with Crippen LogP contribution in [-0.2, 0) is 11.3 Å². The number of rotatable bonds is 10. The molecule has 8 nitrogen and oxygen atoms in total. The van der Waals surface area contributed by atoms with Gasteiger partial charge in [0.15, 0.2) is 11.5 Å². The van der Waals surface area contributed by atoms with Crippen molar-refractivity contribution < 1.29 is 28.1 Å². The summed E-state index contributed by atoms with van der Waals surface area (Å²) in [4.78, 5) is 22.5. The number of carbonyl (C=O) groups excluding carboxylic acids is 1. The number of halogens is 1. The smallest absolute Gasteiger partial charge is 0.252 e. The number of nitrogens with one attached hydrogen (secondary N) is 2. The van der Waals surface area contributed by atoms with Crippen LogP contribution in [0.3, 0.4) is 0 Å². The maximum Gasteiger partial charge on any atom is 0.252 e. The predicted molar refractivity (Wildman–Crippen MR) is 178 cm³/mol. The number of pyridine rings is 1. The third kappa shape index (κ3) is 5.95. The molecule has 232 valence electrons. The lowest BCUT2D eigenvalue weighted by Crippen LogP contribution is -2.24. The molecule has 0 fully saturated rings. The van der Waals surface area contributed by atoms with E-state index in [4.69, 9.17) is 23.9 Å². The van der Waals surface area contributed by atoms with E-state index >= 15 is 0 Å². The summed E-state index contributed by atoms with van der Waals surface area (Å²) in [5.74, 6) is 1.08. The Morgan fingerprint density at radius 1 is 0.826 bits per heavy atom. The van der Waals surface area contributed by atoms with Crippen molar-refractivity contribution in [3.63, 3.8) is 0 Å². The molecule has 0 aliphatic heterocycles. The zero-order valence-corrected chi connectivity index (χ0v) is 25.8. The van der Waals surface area contributed by atoms with Crippen molar-refractivity contribution in [2.45, 2.75) is 6.54 Å². The number of amides is 1. The van der Waals surface area contributed by atoms with Crippen LogP contribution in [-0.4, -0.2) is 44.3 Å². The molecule has 2 aromatic heterocycles. The van der Waals surface area contributed by atoms with Gasteiger partial charge >= 0.3 is 0 Å². The average Bonchev–Trinajstić information content (AvgIpc) is 3.47. The van der Waals surface area contributed by atoms with Crippen LogP contribution in [0.15, 0.2) is 91.0 Å². The molecule has 0 atom stereocenters. The topological polar surface area (TPSA) is 94.7 Å². The minimum Gasteiger partial charge on any atom is -0.497 e. The lowest BCUT2D eigenvalue weighted by Gasteiger charge is -2.16. The molecule has 2 N–H and O–H groups in total. The minimum atomic E-state index is -0.416. The summed E-state index contributed by atoms with van der Waals surface area (Å²) < 4.78 is 36.1. The molecule has 0 saturated heterocycles. The largest absolute Gasteiger partial charge is 0.497 e. The second-order valence-corrected chi connectivity index (χ2v) is 10.5. The van der Waals surface area contributed by atoms with Crippen molar-refractivity contribution in [3.05, 3.63) is 114 Å². The monoisotopic (exact) mass is 617 g/mol. The van der Waals surface area contributed by atoms with Gasteiger partial charge in [-0.2, -0.15) is 0 Å². The van der Waals surface area contributed by atoms with E-state index in [1.165, 1.54) is 33.5 Å². The number of nitrogens with zero attached hydrogens (tertiary/aromatic N) is 1. The van der Waals surface area contributed by atoms with E-state index in [9.17, 15) is 9.18 Å². The number of ether oxygens (including phenoxy) is 4. The van der Waals surface area contributed by atoms with Crippen molar-refractivity contribution in [2.75, 3.05) is 28.4 Å². The number of carbonyl (C=O) groups is 1. The van der Waals surface area contributed by atoms with Gasteiger partial charge in [0.1, 0.15) is 11.6 Å². The quantitative estimate of drug-likeness (QED) is 0.123. The van der Waals surface area contributed by atoms with Crippen molar-refractivity contribution in [1.82, 2.24) is 15.3 Å². The predicted octanol–water partition coefficient (Wildman–Crippen LogP) is 7.41. The van der Waals surface area contributed by atoms with Crippen LogP contribution in [0, 0.1) is 5.82 Å². The van der Waals surface area contributed by atoms with E-state index in [1.807, 2.05) is 48.5 Å². The number of fused-ring (bicyclic) bond motifs is 3. The summed E-state index contributed by atoms with van der Waals surface area (Å²) in [5, 5.41) is 5.07. The Labute approximate surface area is 265 Å². The number of benzene rings is 4. The lowest BCUT2D eigenvalue weighted by molar-refractivity contribution is -0.115. The standard InChI is InChI=1S/C37H32FN3O5/c1-43-27-14-12-23(13-15-27)34-35-30(28-10-5-6-11-31(28)41-35)20-26(40-34)21-39-37(42)29(17-22-8-7-9-25(38)16-22)24-18-32(44-2)36(46-4)33(19-24)45-3/h5-20,41H,21H2,1-4H3,(H,39,42)/b29-17+. The Balaban J connectivity index is 1.41. The number of aromatic nitrogens is 2. The van der Waals surface area contributed by atoms with E-state index in [1.54, 1.807) is 37.5 Å². The number of H-pyrrole nitrogens is 1. The summed E-state index contributed by atoms with van der Waals surface area (Å²) in [5.41, 5.74) is 5.47. The van der Waals surface area contributed by atoms with E-state index in [0.29, 0.717) is 34.1 Å². The Bertz CT molecular complexity index is 2060. The zero-order valence-electron chi connectivity index (χ0n) is 25.8. The second kappa shape index (κ2) is 13.0. The molecule has 0 spiro atoms. The van der Waals surface area contributed by atoms with Gasteiger partial charge in [0.05, 0.1) is 51.9 Å². The maximum atomic E-state index is 14.2. The third-order valence-corrected chi connectivity index (χ3v) is 7.72. The highest BCUT2D eigenvalue weighted by molar-refractivity contribution is 6.24. The van der Waals surface area contributed by atoms with Crippen LogP contribution in [0.5, 0.6) is 23.0 Å². The number of para-hydroxylation sites is 1. The summed E-state index contributed by atoms with van der Waals surface area (Å²) in [7, 11) is 6.14. The fourth-order valence-electron chi connectivity index (χ4n) is 5.49. The van der Waals surface area contributed by atoms with Gasteiger partial charge in [0.2, 0.25) is 5.75 Å². The van der Waals surface area contributed by atoms with Gasteiger partial charge < -0.3 is 29.2 Å². The Hall–Kier alpha value is -5.83. The first kappa shape index (κ1) is 30.2. The zero-order chi connectivity index (χ0) is 32.2. The highest BCUT2D eigenvalue weighted by Gasteiger charge is 2.20. The number of hydrogen-bond acceptors (Lipinski definition) is 6. The van der Waals surface area contributed by atoms with E-state index in [0.717, 1.165) is 38.8 Å². The first-order valence-corrected chi connectivity index (χ1v) is 14.5. The summed E-state index contributed by atoms with van der Waals surface area (Å²) in [6.07, 6.45) is 1.62. The third-order valence-electron chi connectivity index (χ3n) is 7.72. The highest BCUT2D eigenvalue weighted by Crippen LogP contribution is 2.40. The van der Waals surface area contributed by atoms with Crippen LogP contribution < -0.4 is 24.3 Å². The molecule has 0 aliphatic carbocycles. The molecule has 0 aliphatic rings. The van der Waals surface area contributed by atoms with Gasteiger partial charge in [-0.1, -0.05) is 30.3 Å². The Morgan fingerprint density at radius 3 is 2.24 bits per heavy atom. The summed E-state index contributed by atoms with van der Waals surface area (Å²) >= 11 is 0. The highest BCUT2D eigenvalue weighted by atomic mass is 19.1. The Kier molecular flexibility index (Phi) is 8.56. The molecule has 0 unspecified atom stereocenters. The van der Waals surface area contributed by atoms with Gasteiger partial charge in [0.25, 0.3) is 5.91 Å². The number of hydrogen-bond donors (Lipinski definition) is 2. The van der Waals surface area contributed by atoms with Crippen LogP contribution in [0.2, 0.25) is 0 Å². The molecule has 9 heteroatoms. The number of methoxy groups -OCH3 is 4. The molecular formula is C37H32FN3O5. The van der Waals surface area contributed by atoms with E-state index in [2.05, 4.69) is 16.4 Å². The molecule has 6 rings (SSSR count). The SMILES string of the molecule is COc1ccc(-c2nc(CNC(=O)/C(=C/c3cccc(F)c3)c3cc(OC)c(OC)c(OC)c3)cc3c2[nH]c2ccccc23)cc1.